The summed E-state index contributed by atoms with van der Waals surface area (Å²) in [5, 5.41) is 12.1. The van der Waals surface area contributed by atoms with Crippen LogP contribution in [0, 0.1) is 25.2 Å². The van der Waals surface area contributed by atoms with Crippen LogP contribution in [0.4, 0.5) is 0 Å². The van der Waals surface area contributed by atoms with Gasteiger partial charge in [0.2, 0.25) is 5.91 Å². The Balaban J connectivity index is 2.22. The largest absolute Gasteiger partial charge is 0.479 e. The molecular weight excluding hydrogens is 254 g/mol. The minimum Gasteiger partial charge on any atom is -0.479 e. The quantitative estimate of drug-likeness (QED) is 0.887. The van der Waals surface area contributed by atoms with Crippen LogP contribution < -0.4 is 5.32 Å². The molecule has 2 rings (SSSR count). The van der Waals surface area contributed by atoms with Crippen molar-refractivity contribution in [1.82, 2.24) is 5.32 Å². The van der Waals surface area contributed by atoms with Crippen LogP contribution in [0.2, 0.25) is 0 Å². The second-order valence-electron chi connectivity index (χ2n) is 6.31. The molecule has 20 heavy (non-hydrogen) atoms. The topological polar surface area (TPSA) is 66.4 Å². The Hall–Kier alpha value is -1.84. The maximum absolute atomic E-state index is 12.1. The Bertz CT molecular complexity index is 563. The molecule has 4 heteroatoms. The van der Waals surface area contributed by atoms with Gasteiger partial charge in [-0.2, -0.15) is 0 Å². The fourth-order valence-corrected chi connectivity index (χ4v) is 2.52. The van der Waals surface area contributed by atoms with E-state index in [1.807, 2.05) is 39.8 Å². The number of aryl methyl sites for hydroxylation is 1. The standard InChI is InChI=1S/C16H21NO3/c1-9-6-5-7-11(10(9)2)13(15(19)20)17-14(18)12-8-16(12,3)4/h5-7,12-13H,8H2,1-4H3,(H,17,18)(H,19,20)/t12-,13?/m1/s1. The molecule has 2 atom stereocenters. The first kappa shape index (κ1) is 14.6. The van der Waals surface area contributed by atoms with Gasteiger partial charge < -0.3 is 10.4 Å². The van der Waals surface area contributed by atoms with E-state index in [4.69, 9.17) is 0 Å². The molecule has 0 aromatic heterocycles. The summed E-state index contributed by atoms with van der Waals surface area (Å²) >= 11 is 0. The van der Waals surface area contributed by atoms with Crippen molar-refractivity contribution in [3.63, 3.8) is 0 Å². The number of hydrogen-bond donors (Lipinski definition) is 2. The number of carboxylic acids is 1. The molecule has 0 aliphatic heterocycles. The van der Waals surface area contributed by atoms with E-state index in [0.717, 1.165) is 17.5 Å². The number of carbonyl (C=O) groups is 2. The van der Waals surface area contributed by atoms with Crippen LogP contribution >= 0.6 is 0 Å². The van der Waals surface area contributed by atoms with Gasteiger partial charge in [0.15, 0.2) is 6.04 Å². The van der Waals surface area contributed by atoms with E-state index >= 15 is 0 Å². The number of aliphatic carboxylic acids is 1. The van der Waals surface area contributed by atoms with Gasteiger partial charge in [-0.1, -0.05) is 32.0 Å². The average molecular weight is 275 g/mol. The van der Waals surface area contributed by atoms with E-state index < -0.39 is 12.0 Å². The van der Waals surface area contributed by atoms with Gasteiger partial charge in [0.25, 0.3) is 0 Å². The molecule has 1 aliphatic carbocycles. The molecule has 1 fully saturated rings. The van der Waals surface area contributed by atoms with Crippen molar-refractivity contribution in [2.45, 2.75) is 40.2 Å². The van der Waals surface area contributed by atoms with Crippen molar-refractivity contribution >= 4 is 11.9 Å². The summed E-state index contributed by atoms with van der Waals surface area (Å²) in [7, 11) is 0. The number of nitrogens with one attached hydrogen (secondary N) is 1. The predicted octanol–water partition coefficient (Wildman–Crippen LogP) is 2.59. The third-order valence-electron chi connectivity index (χ3n) is 4.32. The van der Waals surface area contributed by atoms with E-state index in [9.17, 15) is 14.7 Å². The lowest BCUT2D eigenvalue weighted by molar-refractivity contribution is -0.142. The van der Waals surface area contributed by atoms with Gasteiger partial charge in [-0.3, -0.25) is 4.79 Å². The van der Waals surface area contributed by atoms with Crippen LogP contribution in [0.25, 0.3) is 0 Å². The molecule has 0 heterocycles. The predicted molar refractivity (Wildman–Crippen MR) is 76.3 cm³/mol. The van der Waals surface area contributed by atoms with Gasteiger partial charge >= 0.3 is 5.97 Å². The third kappa shape index (κ3) is 2.69. The van der Waals surface area contributed by atoms with E-state index in [1.165, 1.54) is 0 Å². The Labute approximate surface area is 119 Å². The minimum atomic E-state index is -1.02. The van der Waals surface area contributed by atoms with Crippen LogP contribution in [0.3, 0.4) is 0 Å². The van der Waals surface area contributed by atoms with Crippen molar-refractivity contribution in [3.8, 4) is 0 Å². The number of rotatable bonds is 4. The molecule has 2 N–H and O–H groups in total. The molecule has 0 bridgehead atoms. The highest BCUT2D eigenvalue weighted by Gasteiger charge is 2.51. The first-order valence-electron chi connectivity index (χ1n) is 6.83. The van der Waals surface area contributed by atoms with E-state index in [-0.39, 0.29) is 17.2 Å². The molecule has 1 aromatic rings. The summed E-state index contributed by atoms with van der Waals surface area (Å²) in [6.45, 7) is 7.85. The fourth-order valence-electron chi connectivity index (χ4n) is 2.52. The number of carbonyl (C=O) groups excluding carboxylic acids is 1. The van der Waals surface area contributed by atoms with Crippen molar-refractivity contribution < 1.29 is 14.7 Å². The zero-order valence-electron chi connectivity index (χ0n) is 12.4. The highest BCUT2D eigenvalue weighted by atomic mass is 16.4. The van der Waals surface area contributed by atoms with Gasteiger partial charge in [-0.15, -0.1) is 0 Å². The number of hydrogen-bond acceptors (Lipinski definition) is 2. The molecule has 108 valence electrons. The van der Waals surface area contributed by atoms with Crippen molar-refractivity contribution in [3.05, 3.63) is 34.9 Å². The van der Waals surface area contributed by atoms with Gasteiger partial charge in [0.05, 0.1) is 0 Å². The Morgan fingerprint density at radius 2 is 1.95 bits per heavy atom. The minimum absolute atomic E-state index is 0.00517. The molecule has 1 unspecified atom stereocenters. The van der Waals surface area contributed by atoms with Crippen molar-refractivity contribution in [2.24, 2.45) is 11.3 Å². The number of amides is 1. The summed E-state index contributed by atoms with van der Waals surface area (Å²) in [6, 6.07) is 4.54. The maximum Gasteiger partial charge on any atom is 0.330 e. The van der Waals surface area contributed by atoms with Gasteiger partial charge in [-0.05, 0) is 42.4 Å². The highest BCUT2D eigenvalue weighted by Crippen LogP contribution is 2.51. The SMILES string of the molecule is Cc1cccc(C(NC(=O)[C@H]2CC2(C)C)C(=O)O)c1C. The first-order chi connectivity index (χ1) is 9.24. The lowest BCUT2D eigenvalue weighted by atomic mass is 9.97. The van der Waals surface area contributed by atoms with E-state index in [0.29, 0.717) is 5.56 Å². The van der Waals surface area contributed by atoms with Gasteiger partial charge in [-0.25, -0.2) is 4.79 Å². The molecule has 1 aliphatic rings. The second kappa shape index (κ2) is 4.93. The smallest absolute Gasteiger partial charge is 0.330 e. The highest BCUT2D eigenvalue weighted by molar-refractivity contribution is 5.88. The van der Waals surface area contributed by atoms with Crippen LogP contribution in [-0.2, 0) is 9.59 Å². The Morgan fingerprint density at radius 3 is 2.45 bits per heavy atom. The molecule has 0 radical (unpaired) electrons. The molecule has 1 saturated carbocycles. The monoisotopic (exact) mass is 275 g/mol. The molecule has 0 saturated heterocycles. The fraction of sp³-hybridized carbons (Fsp3) is 0.500. The lowest BCUT2D eigenvalue weighted by Crippen LogP contribution is -2.36. The molecular formula is C16H21NO3. The Morgan fingerprint density at radius 1 is 1.35 bits per heavy atom. The summed E-state index contributed by atoms with van der Waals surface area (Å²) in [5.74, 6) is -1.26. The second-order valence-corrected chi connectivity index (χ2v) is 6.31. The van der Waals surface area contributed by atoms with Gasteiger partial charge in [0.1, 0.15) is 0 Å². The lowest BCUT2D eigenvalue weighted by Gasteiger charge is -2.18. The third-order valence-corrected chi connectivity index (χ3v) is 4.32. The average Bonchev–Trinajstić information content (AvgIpc) is 2.99. The summed E-state index contributed by atoms with van der Waals surface area (Å²) in [4.78, 5) is 23.6. The van der Waals surface area contributed by atoms with Gasteiger partial charge in [0, 0.05) is 5.92 Å². The van der Waals surface area contributed by atoms with Crippen LogP contribution in [0.5, 0.6) is 0 Å². The van der Waals surface area contributed by atoms with E-state index in [1.54, 1.807) is 6.07 Å². The molecule has 4 nitrogen and oxygen atoms in total. The van der Waals surface area contributed by atoms with Crippen LogP contribution in [0.1, 0.15) is 43.0 Å². The number of carboxylic acid groups (broad SMARTS) is 1. The first-order valence-corrected chi connectivity index (χ1v) is 6.83. The maximum atomic E-state index is 12.1. The zero-order valence-corrected chi connectivity index (χ0v) is 12.4. The van der Waals surface area contributed by atoms with E-state index in [2.05, 4.69) is 5.32 Å². The normalized spacial score (nSPS) is 21.1. The van der Waals surface area contributed by atoms with Crippen molar-refractivity contribution in [1.29, 1.82) is 0 Å². The van der Waals surface area contributed by atoms with Crippen LogP contribution in [0.15, 0.2) is 18.2 Å². The zero-order chi connectivity index (χ0) is 15.1. The Kier molecular flexibility index (Phi) is 3.59. The molecule has 1 aromatic carbocycles. The molecule has 0 spiro atoms. The molecule has 1 amide bonds. The van der Waals surface area contributed by atoms with Crippen LogP contribution in [-0.4, -0.2) is 17.0 Å². The van der Waals surface area contributed by atoms with Crippen molar-refractivity contribution in [2.75, 3.05) is 0 Å². The summed E-state index contributed by atoms with van der Waals surface area (Å²) in [6.07, 6.45) is 0.817. The summed E-state index contributed by atoms with van der Waals surface area (Å²) < 4.78 is 0. The number of benzene rings is 1. The summed E-state index contributed by atoms with van der Waals surface area (Å²) in [5.41, 5.74) is 2.59.